The van der Waals surface area contributed by atoms with Gasteiger partial charge in [-0.15, -0.1) is 6.42 Å². The monoisotopic (exact) mass is 447 g/mol. The van der Waals surface area contributed by atoms with Crippen molar-refractivity contribution in [1.82, 2.24) is 24.5 Å². The predicted molar refractivity (Wildman–Crippen MR) is 123 cm³/mol. The molecule has 0 aliphatic heterocycles. The Morgan fingerprint density at radius 3 is 2.81 bits per heavy atom. The van der Waals surface area contributed by atoms with Gasteiger partial charge in [0.15, 0.2) is 16.6 Å². The quantitative estimate of drug-likeness (QED) is 0.460. The number of fused-ring (bicyclic) bond motifs is 2. The van der Waals surface area contributed by atoms with Crippen molar-refractivity contribution in [2.24, 2.45) is 5.92 Å². The number of imidazole rings is 1. The van der Waals surface area contributed by atoms with Gasteiger partial charge in [0.05, 0.1) is 18.1 Å². The first kappa shape index (κ1) is 20.2. The van der Waals surface area contributed by atoms with Crippen molar-refractivity contribution < 1.29 is 9.53 Å². The lowest BCUT2D eigenvalue weighted by molar-refractivity contribution is -0.120. The molecule has 3 N–H and O–H groups in total. The zero-order chi connectivity index (χ0) is 22.2. The Kier molecular flexibility index (Phi) is 5.11. The van der Waals surface area contributed by atoms with Gasteiger partial charge in [-0.1, -0.05) is 17.4 Å². The van der Waals surface area contributed by atoms with Gasteiger partial charge in [-0.05, 0) is 43.7 Å². The first-order valence-corrected chi connectivity index (χ1v) is 11.1. The highest BCUT2D eigenvalue weighted by molar-refractivity contribution is 7.22. The number of hydrogen-bond donors (Lipinski definition) is 2. The molecule has 0 unspecified atom stereocenters. The van der Waals surface area contributed by atoms with E-state index in [4.69, 9.17) is 16.9 Å². The minimum Gasteiger partial charge on any atom is -0.494 e. The zero-order valence-corrected chi connectivity index (χ0v) is 18.2. The van der Waals surface area contributed by atoms with E-state index in [9.17, 15) is 4.79 Å². The Labute approximate surface area is 188 Å². The van der Waals surface area contributed by atoms with Crippen LogP contribution in [0.4, 0.5) is 10.9 Å². The minimum atomic E-state index is -0.0732. The molecule has 0 atom stereocenters. The molecule has 0 bridgehead atoms. The van der Waals surface area contributed by atoms with E-state index < -0.39 is 0 Å². The molecule has 3 heterocycles. The van der Waals surface area contributed by atoms with Gasteiger partial charge in [-0.25, -0.2) is 19.9 Å². The number of ether oxygens (including phenoxy) is 1. The molecular formula is C22H21N7O2S. The van der Waals surface area contributed by atoms with Crippen LogP contribution in [0.1, 0.15) is 37.5 Å². The molecule has 3 aromatic heterocycles. The molecule has 0 saturated heterocycles. The van der Waals surface area contributed by atoms with E-state index in [0.717, 1.165) is 35.9 Å². The van der Waals surface area contributed by atoms with Gasteiger partial charge in [-0.3, -0.25) is 4.79 Å². The summed E-state index contributed by atoms with van der Waals surface area (Å²) in [5.74, 6) is 3.58. The zero-order valence-electron chi connectivity index (χ0n) is 17.4. The average Bonchev–Trinajstić information content (AvgIpc) is 3.42. The molecule has 5 rings (SSSR count). The number of nitrogens with two attached hydrogens (primary N) is 1. The second kappa shape index (κ2) is 8.09. The van der Waals surface area contributed by atoms with Crippen LogP contribution in [0.2, 0.25) is 0 Å². The van der Waals surface area contributed by atoms with E-state index >= 15 is 0 Å². The molecule has 1 aliphatic carbocycles. The first-order valence-electron chi connectivity index (χ1n) is 10.3. The lowest BCUT2D eigenvalue weighted by Gasteiger charge is -2.28. The summed E-state index contributed by atoms with van der Waals surface area (Å²) in [5, 5.41) is 3.58. The maximum Gasteiger partial charge on any atom is 0.229 e. The van der Waals surface area contributed by atoms with Gasteiger partial charge in [0.25, 0.3) is 0 Å². The molecule has 1 aliphatic rings. The van der Waals surface area contributed by atoms with Gasteiger partial charge in [0.2, 0.25) is 11.7 Å². The van der Waals surface area contributed by atoms with Crippen LogP contribution >= 0.6 is 11.3 Å². The number of carbonyl (C=O) groups excluding carboxylic acids is 1. The maximum atomic E-state index is 12.9. The minimum absolute atomic E-state index is 0.00171. The number of amides is 1. The van der Waals surface area contributed by atoms with Crippen molar-refractivity contribution in [2.75, 3.05) is 18.2 Å². The Hall–Kier alpha value is -3.71. The normalized spacial score (nSPS) is 18.5. The topological polar surface area (TPSA) is 121 Å². The number of hydrogen-bond acceptors (Lipinski definition) is 8. The number of thiazole rings is 1. The van der Waals surface area contributed by atoms with Crippen molar-refractivity contribution in [3.05, 3.63) is 30.4 Å². The van der Waals surface area contributed by atoms with Crippen molar-refractivity contribution in [3.63, 3.8) is 0 Å². The number of nitrogens with zero attached hydrogens (tertiary/aromatic N) is 5. The molecule has 1 saturated carbocycles. The molecule has 10 heteroatoms. The van der Waals surface area contributed by atoms with Crippen LogP contribution in [0.25, 0.3) is 21.4 Å². The molecule has 0 spiro atoms. The van der Waals surface area contributed by atoms with Crippen molar-refractivity contribution >= 4 is 49.6 Å². The Bertz CT molecular complexity index is 1360. The van der Waals surface area contributed by atoms with Gasteiger partial charge in [0, 0.05) is 12.0 Å². The Morgan fingerprint density at radius 2 is 2.06 bits per heavy atom. The van der Waals surface area contributed by atoms with Crippen LogP contribution in [0.3, 0.4) is 0 Å². The number of nitrogens with one attached hydrogen (secondary N) is 1. The SMILES string of the molecule is C#Cc1nc(N)c2ncn(C3CCC(C(=O)Nc4nc5c(OC)cccc5s4)CC3)c2n1. The number of rotatable bonds is 4. The highest BCUT2D eigenvalue weighted by Gasteiger charge is 2.29. The number of anilines is 2. The van der Waals surface area contributed by atoms with Gasteiger partial charge >= 0.3 is 0 Å². The lowest BCUT2D eigenvalue weighted by Crippen LogP contribution is -2.28. The van der Waals surface area contributed by atoms with Crippen molar-refractivity contribution in [3.8, 4) is 18.1 Å². The number of methoxy groups -OCH3 is 1. The second-order valence-corrected chi connectivity index (χ2v) is 8.75. The summed E-state index contributed by atoms with van der Waals surface area (Å²) in [6.07, 6.45) is 10.3. The molecule has 1 amide bonds. The number of aromatic nitrogens is 5. The van der Waals surface area contributed by atoms with E-state index in [-0.39, 0.29) is 29.5 Å². The first-order chi connectivity index (χ1) is 15.6. The molecule has 1 aromatic carbocycles. The lowest BCUT2D eigenvalue weighted by atomic mass is 9.85. The van der Waals surface area contributed by atoms with Gasteiger partial charge in [-0.2, -0.15) is 0 Å². The van der Waals surface area contributed by atoms with Crippen molar-refractivity contribution in [1.29, 1.82) is 0 Å². The summed E-state index contributed by atoms with van der Waals surface area (Å²) in [7, 11) is 1.61. The van der Waals surface area contributed by atoms with Crippen LogP contribution in [0.5, 0.6) is 5.75 Å². The summed E-state index contributed by atoms with van der Waals surface area (Å²) < 4.78 is 8.34. The highest BCUT2D eigenvalue weighted by atomic mass is 32.1. The van der Waals surface area contributed by atoms with E-state index in [1.54, 1.807) is 13.4 Å². The van der Waals surface area contributed by atoms with Crippen molar-refractivity contribution in [2.45, 2.75) is 31.7 Å². The van der Waals surface area contributed by atoms with E-state index in [1.807, 2.05) is 22.8 Å². The Balaban J connectivity index is 1.28. The summed E-state index contributed by atoms with van der Waals surface area (Å²) in [4.78, 5) is 30.3. The maximum absolute atomic E-state index is 12.9. The fraction of sp³-hybridized carbons (Fsp3) is 0.318. The third kappa shape index (κ3) is 3.50. The summed E-state index contributed by atoms with van der Waals surface area (Å²) in [6, 6.07) is 5.92. The van der Waals surface area contributed by atoms with E-state index in [2.05, 4.69) is 31.2 Å². The van der Waals surface area contributed by atoms with Gasteiger partial charge in [0.1, 0.15) is 16.8 Å². The molecular weight excluding hydrogens is 426 g/mol. The molecule has 1 fully saturated rings. The molecule has 9 nitrogen and oxygen atoms in total. The van der Waals surface area contributed by atoms with Crippen LogP contribution in [-0.4, -0.2) is 37.5 Å². The van der Waals surface area contributed by atoms with Crippen LogP contribution < -0.4 is 15.8 Å². The third-order valence-corrected chi connectivity index (χ3v) is 6.81. The predicted octanol–water partition coefficient (Wildman–Crippen LogP) is 3.38. The summed E-state index contributed by atoms with van der Waals surface area (Å²) in [6.45, 7) is 0. The molecule has 32 heavy (non-hydrogen) atoms. The summed E-state index contributed by atoms with van der Waals surface area (Å²) in [5.41, 5.74) is 7.92. The molecule has 0 radical (unpaired) electrons. The largest absolute Gasteiger partial charge is 0.494 e. The highest BCUT2D eigenvalue weighted by Crippen LogP contribution is 2.36. The fourth-order valence-electron chi connectivity index (χ4n) is 4.24. The Morgan fingerprint density at radius 1 is 1.25 bits per heavy atom. The van der Waals surface area contributed by atoms with E-state index in [0.29, 0.717) is 22.0 Å². The summed E-state index contributed by atoms with van der Waals surface area (Å²) >= 11 is 1.45. The third-order valence-electron chi connectivity index (χ3n) is 5.87. The average molecular weight is 448 g/mol. The van der Waals surface area contributed by atoms with Crippen LogP contribution in [0, 0.1) is 18.3 Å². The molecule has 4 aromatic rings. The number of benzene rings is 1. The second-order valence-electron chi connectivity index (χ2n) is 7.72. The smallest absolute Gasteiger partial charge is 0.229 e. The van der Waals surface area contributed by atoms with Crippen LogP contribution in [0.15, 0.2) is 24.5 Å². The standard InChI is InChI=1S/C22H21N7O2S/c1-3-16-25-19(23)18-20(26-16)29(11-24-18)13-9-7-12(8-10-13)21(30)28-22-27-17-14(31-2)5-4-6-15(17)32-22/h1,4-6,11-13H,7-10H2,2H3,(H2,23,25,26)(H,27,28,30). The number of nitrogen functional groups attached to an aromatic ring is 1. The number of carbonyl (C=O) groups is 1. The number of para-hydroxylation sites is 1. The number of terminal acetylenes is 1. The van der Waals surface area contributed by atoms with Crippen LogP contribution in [-0.2, 0) is 4.79 Å². The molecule has 162 valence electrons. The van der Waals surface area contributed by atoms with E-state index in [1.165, 1.54) is 11.3 Å². The fourth-order valence-corrected chi connectivity index (χ4v) is 5.12. The van der Waals surface area contributed by atoms with Gasteiger partial charge < -0.3 is 20.4 Å².